The molecule has 0 aliphatic carbocycles. The van der Waals surface area contributed by atoms with E-state index in [9.17, 15) is 9.59 Å². The molecule has 3 aromatic rings. The molecule has 1 saturated heterocycles. The van der Waals surface area contributed by atoms with Crippen LogP contribution in [0, 0.1) is 20.8 Å². The predicted molar refractivity (Wildman–Crippen MR) is 135 cm³/mol. The molecule has 0 atom stereocenters. The van der Waals surface area contributed by atoms with Gasteiger partial charge < -0.3 is 4.90 Å². The van der Waals surface area contributed by atoms with Crippen molar-refractivity contribution in [3.05, 3.63) is 63.8 Å². The van der Waals surface area contributed by atoms with E-state index >= 15 is 0 Å². The van der Waals surface area contributed by atoms with Gasteiger partial charge in [0.25, 0.3) is 5.91 Å². The lowest BCUT2D eigenvalue weighted by Crippen LogP contribution is -2.27. The van der Waals surface area contributed by atoms with E-state index in [-0.39, 0.29) is 11.8 Å². The van der Waals surface area contributed by atoms with Crippen LogP contribution in [0.2, 0.25) is 0 Å². The molecule has 1 aliphatic rings. The molecule has 33 heavy (non-hydrogen) atoms. The Labute approximate surface area is 203 Å². The number of carbonyl (C=O) groups excluding carboxylic acids is 2. The van der Waals surface area contributed by atoms with Crippen molar-refractivity contribution in [2.45, 2.75) is 51.3 Å². The van der Waals surface area contributed by atoms with E-state index in [4.69, 9.17) is 4.98 Å². The first-order valence-corrected chi connectivity index (χ1v) is 12.9. The summed E-state index contributed by atoms with van der Waals surface area (Å²) in [5.74, 6) is 0.644. The normalized spacial score (nSPS) is 13.4. The van der Waals surface area contributed by atoms with Crippen molar-refractivity contribution in [1.82, 2.24) is 14.9 Å². The van der Waals surface area contributed by atoms with Crippen LogP contribution in [-0.2, 0) is 10.5 Å². The van der Waals surface area contributed by atoms with Crippen molar-refractivity contribution < 1.29 is 9.59 Å². The summed E-state index contributed by atoms with van der Waals surface area (Å²) in [4.78, 5) is 37.8. The molecule has 1 aromatic carbocycles. The Morgan fingerprint density at radius 2 is 1.82 bits per heavy atom. The summed E-state index contributed by atoms with van der Waals surface area (Å²) in [5.41, 5.74) is 5.73. The van der Waals surface area contributed by atoms with Crippen LogP contribution in [0.5, 0.6) is 0 Å². The zero-order valence-electron chi connectivity index (χ0n) is 19.4. The van der Waals surface area contributed by atoms with Crippen LogP contribution >= 0.6 is 23.1 Å². The minimum absolute atomic E-state index is 0.0569. The SMILES string of the molecule is CC(=O)N(c1nc(CSc2ccc(C(=O)N3CCCC3)cn2)cs1)c1c(C)cc(C)cc1C. The summed E-state index contributed by atoms with van der Waals surface area (Å²) in [6.45, 7) is 9.35. The molecule has 1 fully saturated rings. The van der Waals surface area contributed by atoms with Gasteiger partial charge in [0.05, 0.1) is 22.0 Å². The zero-order valence-corrected chi connectivity index (χ0v) is 21.1. The van der Waals surface area contributed by atoms with Crippen molar-refractivity contribution in [2.75, 3.05) is 18.0 Å². The van der Waals surface area contributed by atoms with Crippen molar-refractivity contribution in [2.24, 2.45) is 0 Å². The lowest BCUT2D eigenvalue weighted by Gasteiger charge is -2.23. The van der Waals surface area contributed by atoms with E-state index in [0.29, 0.717) is 16.4 Å². The van der Waals surface area contributed by atoms with Gasteiger partial charge in [0.1, 0.15) is 0 Å². The number of thiazole rings is 1. The maximum atomic E-state index is 12.6. The van der Waals surface area contributed by atoms with Gasteiger partial charge in [-0.1, -0.05) is 17.7 Å². The highest BCUT2D eigenvalue weighted by molar-refractivity contribution is 7.98. The standard InChI is InChI=1S/C25H28N4O2S2/c1-16-11-17(2)23(18(3)12-16)29(19(4)30)25-27-21(15-33-25)14-32-22-8-7-20(13-26-22)24(31)28-9-5-6-10-28/h7-8,11-13,15H,5-6,9-10,14H2,1-4H3. The maximum Gasteiger partial charge on any atom is 0.255 e. The first-order valence-electron chi connectivity index (χ1n) is 11.0. The number of amides is 2. The van der Waals surface area contributed by atoms with Gasteiger partial charge in [0, 0.05) is 37.3 Å². The van der Waals surface area contributed by atoms with Gasteiger partial charge in [-0.05, 0) is 56.9 Å². The average Bonchev–Trinajstić information content (AvgIpc) is 3.46. The van der Waals surface area contributed by atoms with E-state index in [1.54, 1.807) is 29.8 Å². The number of aryl methyl sites for hydroxylation is 3. The Morgan fingerprint density at radius 3 is 2.42 bits per heavy atom. The highest BCUT2D eigenvalue weighted by Gasteiger charge is 2.22. The molecule has 0 radical (unpaired) electrons. The Balaban J connectivity index is 1.45. The van der Waals surface area contributed by atoms with Crippen LogP contribution in [0.1, 0.15) is 52.5 Å². The number of hydrogen-bond acceptors (Lipinski definition) is 6. The Hall–Kier alpha value is -2.71. The minimum Gasteiger partial charge on any atom is -0.339 e. The molecule has 4 rings (SSSR count). The second kappa shape index (κ2) is 10.1. The number of carbonyl (C=O) groups is 2. The molecule has 0 bridgehead atoms. The molecular formula is C25H28N4O2S2. The monoisotopic (exact) mass is 480 g/mol. The lowest BCUT2D eigenvalue weighted by molar-refractivity contribution is -0.115. The van der Waals surface area contributed by atoms with E-state index in [1.165, 1.54) is 16.9 Å². The third-order valence-corrected chi connectivity index (χ3v) is 7.50. The van der Waals surface area contributed by atoms with Gasteiger partial charge in [-0.25, -0.2) is 9.97 Å². The number of anilines is 2. The fraction of sp³-hybridized carbons (Fsp3) is 0.360. The third kappa shape index (κ3) is 5.28. The van der Waals surface area contributed by atoms with Crippen molar-refractivity contribution in [3.63, 3.8) is 0 Å². The third-order valence-electron chi connectivity index (χ3n) is 5.65. The van der Waals surface area contributed by atoms with Crippen LogP contribution in [0.4, 0.5) is 10.8 Å². The Bertz CT molecular complexity index is 1140. The zero-order chi connectivity index (χ0) is 23.5. The summed E-state index contributed by atoms with van der Waals surface area (Å²) >= 11 is 3.04. The maximum absolute atomic E-state index is 12.6. The minimum atomic E-state index is -0.0569. The van der Waals surface area contributed by atoms with E-state index < -0.39 is 0 Å². The number of hydrogen-bond donors (Lipinski definition) is 0. The fourth-order valence-corrected chi connectivity index (χ4v) is 5.93. The van der Waals surface area contributed by atoms with Crippen LogP contribution in [0.15, 0.2) is 40.9 Å². The van der Waals surface area contributed by atoms with Gasteiger partial charge in [0.15, 0.2) is 5.13 Å². The number of likely N-dealkylation sites (tertiary alicyclic amines) is 1. The van der Waals surface area contributed by atoms with E-state index in [1.807, 2.05) is 36.3 Å². The Kier molecular flexibility index (Phi) is 7.14. The molecule has 0 saturated carbocycles. The van der Waals surface area contributed by atoms with Crippen molar-refractivity contribution in [1.29, 1.82) is 0 Å². The first kappa shape index (κ1) is 23.4. The summed E-state index contributed by atoms with van der Waals surface area (Å²) < 4.78 is 0. The lowest BCUT2D eigenvalue weighted by atomic mass is 10.0. The van der Waals surface area contributed by atoms with Crippen LogP contribution in [0.3, 0.4) is 0 Å². The largest absolute Gasteiger partial charge is 0.339 e. The van der Waals surface area contributed by atoms with Crippen LogP contribution < -0.4 is 4.90 Å². The molecule has 3 heterocycles. The van der Waals surface area contributed by atoms with E-state index in [0.717, 1.165) is 53.5 Å². The highest BCUT2D eigenvalue weighted by Crippen LogP contribution is 2.35. The van der Waals surface area contributed by atoms with Crippen LogP contribution in [0.25, 0.3) is 0 Å². The van der Waals surface area contributed by atoms with Gasteiger partial charge in [-0.2, -0.15) is 0 Å². The molecule has 8 heteroatoms. The molecule has 6 nitrogen and oxygen atoms in total. The second-order valence-corrected chi connectivity index (χ2v) is 10.2. The first-order chi connectivity index (χ1) is 15.8. The second-order valence-electron chi connectivity index (χ2n) is 8.40. The number of rotatable bonds is 6. The van der Waals surface area contributed by atoms with Gasteiger partial charge in [-0.3, -0.25) is 14.5 Å². The van der Waals surface area contributed by atoms with Gasteiger partial charge >= 0.3 is 0 Å². The highest BCUT2D eigenvalue weighted by atomic mass is 32.2. The molecule has 172 valence electrons. The number of thioether (sulfide) groups is 1. The molecule has 0 unspecified atom stereocenters. The van der Waals surface area contributed by atoms with Gasteiger partial charge in [0.2, 0.25) is 5.91 Å². The summed E-state index contributed by atoms with van der Waals surface area (Å²) in [5, 5.41) is 3.51. The molecule has 2 aromatic heterocycles. The summed E-state index contributed by atoms with van der Waals surface area (Å²) in [6.07, 6.45) is 3.82. The van der Waals surface area contributed by atoms with Crippen molar-refractivity contribution in [3.8, 4) is 0 Å². The average molecular weight is 481 g/mol. The quantitative estimate of drug-likeness (QED) is 0.425. The number of benzene rings is 1. The van der Waals surface area contributed by atoms with Crippen molar-refractivity contribution >= 4 is 45.7 Å². The fourth-order valence-electron chi connectivity index (χ4n) is 4.22. The summed E-state index contributed by atoms with van der Waals surface area (Å²) in [7, 11) is 0. The smallest absolute Gasteiger partial charge is 0.255 e. The summed E-state index contributed by atoms with van der Waals surface area (Å²) in [6, 6.07) is 7.92. The van der Waals surface area contributed by atoms with Crippen LogP contribution in [-0.4, -0.2) is 39.8 Å². The Morgan fingerprint density at radius 1 is 1.12 bits per heavy atom. The molecular weight excluding hydrogens is 452 g/mol. The molecule has 2 amide bonds. The number of pyridine rings is 1. The topological polar surface area (TPSA) is 66.4 Å². The predicted octanol–water partition coefficient (Wildman–Crippen LogP) is 5.68. The van der Waals surface area contributed by atoms with Gasteiger partial charge in [-0.15, -0.1) is 23.1 Å². The number of aromatic nitrogens is 2. The molecule has 0 spiro atoms. The molecule has 1 aliphatic heterocycles. The number of nitrogens with zero attached hydrogens (tertiary/aromatic N) is 4. The molecule has 0 N–H and O–H groups in total. The van der Waals surface area contributed by atoms with E-state index in [2.05, 4.69) is 24.0 Å².